The van der Waals surface area contributed by atoms with Crippen LogP contribution in [0.25, 0.3) is 28.0 Å². The van der Waals surface area contributed by atoms with E-state index in [9.17, 15) is 4.39 Å². The van der Waals surface area contributed by atoms with E-state index in [1.54, 1.807) is 36.8 Å². The van der Waals surface area contributed by atoms with Gasteiger partial charge in [-0.1, -0.05) is 29.8 Å². The van der Waals surface area contributed by atoms with Crippen molar-refractivity contribution in [3.8, 4) is 16.9 Å². The standard InChI is InChI=1S/C21H18ClFN6/c22-14-5-6-25-18(11-14)29-12-16(15-3-1-2-4-17(15)23)19-20(26-13-27-21(19)29)28-9-7-24-8-10-28/h1-6,11-13,24H,7-10H2. The predicted molar refractivity (Wildman–Crippen MR) is 112 cm³/mol. The number of anilines is 1. The van der Waals surface area contributed by atoms with Crippen LogP contribution in [0.5, 0.6) is 0 Å². The minimum atomic E-state index is -0.291. The maximum atomic E-state index is 14.7. The van der Waals surface area contributed by atoms with Crippen molar-refractivity contribution in [1.29, 1.82) is 0 Å². The van der Waals surface area contributed by atoms with Crippen LogP contribution in [0.4, 0.5) is 10.2 Å². The molecule has 1 aromatic carbocycles. The molecule has 0 radical (unpaired) electrons. The molecule has 0 saturated carbocycles. The van der Waals surface area contributed by atoms with Gasteiger partial charge < -0.3 is 10.2 Å². The third-order valence-corrected chi connectivity index (χ3v) is 5.33. The summed E-state index contributed by atoms with van der Waals surface area (Å²) in [4.78, 5) is 15.7. The molecule has 0 unspecified atom stereocenters. The number of benzene rings is 1. The van der Waals surface area contributed by atoms with E-state index < -0.39 is 0 Å². The Balaban J connectivity index is 1.81. The summed E-state index contributed by atoms with van der Waals surface area (Å²) in [5.74, 6) is 1.13. The number of hydrogen-bond acceptors (Lipinski definition) is 5. The van der Waals surface area contributed by atoms with E-state index in [-0.39, 0.29) is 5.82 Å². The predicted octanol–water partition coefficient (Wildman–Crippen LogP) is 3.68. The van der Waals surface area contributed by atoms with Crippen LogP contribution in [0, 0.1) is 5.82 Å². The van der Waals surface area contributed by atoms with Gasteiger partial charge in [-0.25, -0.2) is 19.3 Å². The Bertz CT molecular complexity index is 1180. The van der Waals surface area contributed by atoms with Gasteiger partial charge in [0.1, 0.15) is 23.8 Å². The molecular formula is C21H18ClFN6. The zero-order valence-electron chi connectivity index (χ0n) is 15.5. The molecule has 0 atom stereocenters. The van der Waals surface area contributed by atoms with Gasteiger partial charge >= 0.3 is 0 Å². The molecule has 0 spiro atoms. The van der Waals surface area contributed by atoms with Crippen LogP contribution in [-0.2, 0) is 0 Å². The van der Waals surface area contributed by atoms with Gasteiger partial charge in [-0.05, 0) is 12.1 Å². The highest BCUT2D eigenvalue weighted by atomic mass is 35.5. The molecule has 3 aromatic heterocycles. The number of nitrogens with one attached hydrogen (secondary N) is 1. The number of nitrogens with zero attached hydrogens (tertiary/aromatic N) is 5. The molecule has 0 aliphatic carbocycles. The number of aromatic nitrogens is 4. The molecule has 4 aromatic rings. The van der Waals surface area contributed by atoms with Crippen LogP contribution in [0.2, 0.25) is 5.02 Å². The summed E-state index contributed by atoms with van der Waals surface area (Å²) in [5.41, 5.74) is 1.90. The normalized spacial score (nSPS) is 14.5. The van der Waals surface area contributed by atoms with Crippen LogP contribution in [0.15, 0.2) is 55.1 Å². The molecule has 29 heavy (non-hydrogen) atoms. The summed E-state index contributed by atoms with van der Waals surface area (Å²) in [6.07, 6.45) is 5.05. The van der Waals surface area contributed by atoms with Crippen molar-refractivity contribution in [2.45, 2.75) is 0 Å². The molecule has 1 saturated heterocycles. The van der Waals surface area contributed by atoms with Crippen molar-refractivity contribution in [3.05, 3.63) is 66.0 Å². The number of halogens is 2. The minimum absolute atomic E-state index is 0.291. The largest absolute Gasteiger partial charge is 0.353 e. The first-order valence-electron chi connectivity index (χ1n) is 9.41. The van der Waals surface area contributed by atoms with Gasteiger partial charge in [0.15, 0.2) is 5.65 Å². The van der Waals surface area contributed by atoms with E-state index in [0.717, 1.165) is 42.9 Å². The summed E-state index contributed by atoms with van der Waals surface area (Å²) in [6, 6.07) is 10.2. The Morgan fingerprint density at radius 1 is 1.00 bits per heavy atom. The van der Waals surface area contributed by atoms with Gasteiger partial charge in [-0.3, -0.25) is 4.57 Å². The molecule has 6 nitrogen and oxygen atoms in total. The molecule has 146 valence electrons. The maximum absolute atomic E-state index is 14.7. The van der Waals surface area contributed by atoms with Crippen LogP contribution < -0.4 is 10.2 Å². The quantitative estimate of drug-likeness (QED) is 0.560. The first kappa shape index (κ1) is 18.0. The zero-order valence-corrected chi connectivity index (χ0v) is 16.3. The Kier molecular flexibility index (Phi) is 4.61. The van der Waals surface area contributed by atoms with Gasteiger partial charge in [0.2, 0.25) is 0 Å². The molecule has 0 bridgehead atoms. The number of pyridine rings is 1. The second-order valence-electron chi connectivity index (χ2n) is 6.86. The highest BCUT2D eigenvalue weighted by Crippen LogP contribution is 2.37. The Morgan fingerprint density at radius 3 is 2.62 bits per heavy atom. The lowest BCUT2D eigenvalue weighted by Gasteiger charge is -2.29. The van der Waals surface area contributed by atoms with Gasteiger partial charge in [0.25, 0.3) is 0 Å². The molecule has 1 aliphatic rings. The van der Waals surface area contributed by atoms with Gasteiger partial charge in [-0.15, -0.1) is 0 Å². The van der Waals surface area contributed by atoms with Crippen molar-refractivity contribution in [2.24, 2.45) is 0 Å². The van der Waals surface area contributed by atoms with Gasteiger partial charge in [0, 0.05) is 60.8 Å². The smallest absolute Gasteiger partial charge is 0.151 e. The minimum Gasteiger partial charge on any atom is -0.353 e. The third kappa shape index (κ3) is 3.22. The number of piperazine rings is 1. The number of rotatable bonds is 3. The second-order valence-corrected chi connectivity index (χ2v) is 7.29. The summed E-state index contributed by atoms with van der Waals surface area (Å²) in [5, 5.41) is 4.73. The average Bonchev–Trinajstić information content (AvgIpc) is 3.14. The number of hydrogen-bond donors (Lipinski definition) is 1. The lowest BCUT2D eigenvalue weighted by Crippen LogP contribution is -2.44. The maximum Gasteiger partial charge on any atom is 0.151 e. The summed E-state index contributed by atoms with van der Waals surface area (Å²) < 4.78 is 16.6. The first-order chi connectivity index (χ1) is 14.2. The van der Waals surface area contributed by atoms with E-state index in [4.69, 9.17) is 11.6 Å². The second kappa shape index (κ2) is 7.42. The summed E-state index contributed by atoms with van der Waals surface area (Å²) in [6.45, 7) is 3.39. The highest BCUT2D eigenvalue weighted by Gasteiger charge is 2.23. The monoisotopic (exact) mass is 408 g/mol. The highest BCUT2D eigenvalue weighted by molar-refractivity contribution is 6.30. The van der Waals surface area contributed by atoms with Crippen molar-refractivity contribution >= 4 is 28.5 Å². The number of fused-ring (bicyclic) bond motifs is 1. The molecule has 8 heteroatoms. The Hall–Kier alpha value is -3.03. The van der Waals surface area contributed by atoms with Gasteiger partial charge in [0.05, 0.1) is 5.39 Å². The van der Waals surface area contributed by atoms with Crippen molar-refractivity contribution in [1.82, 2.24) is 24.8 Å². The molecule has 0 amide bonds. The molecule has 1 aliphatic heterocycles. The van der Waals surface area contributed by atoms with Crippen LogP contribution in [-0.4, -0.2) is 45.7 Å². The van der Waals surface area contributed by atoms with E-state index in [1.165, 1.54) is 6.07 Å². The zero-order chi connectivity index (χ0) is 19.8. The SMILES string of the molecule is Fc1ccccc1-c1cn(-c2cc(Cl)ccn2)c2ncnc(N3CCNCC3)c12. The van der Waals surface area contributed by atoms with Crippen LogP contribution in [0.3, 0.4) is 0 Å². The third-order valence-electron chi connectivity index (χ3n) is 5.10. The van der Waals surface area contributed by atoms with Crippen molar-refractivity contribution in [3.63, 3.8) is 0 Å². The van der Waals surface area contributed by atoms with Crippen LogP contribution >= 0.6 is 11.6 Å². The average molecular weight is 409 g/mol. The Morgan fingerprint density at radius 2 is 1.83 bits per heavy atom. The Labute approximate surface area is 172 Å². The van der Waals surface area contributed by atoms with Crippen molar-refractivity contribution in [2.75, 3.05) is 31.1 Å². The fraction of sp³-hybridized carbons (Fsp3) is 0.190. The van der Waals surface area contributed by atoms with E-state index in [2.05, 4.69) is 25.2 Å². The van der Waals surface area contributed by atoms with E-state index in [0.29, 0.717) is 22.1 Å². The lowest BCUT2D eigenvalue weighted by atomic mass is 10.1. The molecule has 5 rings (SSSR count). The fourth-order valence-corrected chi connectivity index (χ4v) is 3.90. The van der Waals surface area contributed by atoms with Crippen molar-refractivity contribution < 1.29 is 4.39 Å². The van der Waals surface area contributed by atoms with Gasteiger partial charge in [-0.2, -0.15) is 0 Å². The van der Waals surface area contributed by atoms with Crippen LogP contribution in [0.1, 0.15) is 0 Å². The molecule has 1 fully saturated rings. The fourth-order valence-electron chi connectivity index (χ4n) is 3.75. The molecule has 4 heterocycles. The topological polar surface area (TPSA) is 58.9 Å². The first-order valence-corrected chi connectivity index (χ1v) is 9.79. The van der Waals surface area contributed by atoms with E-state index in [1.807, 2.05) is 16.8 Å². The molecule has 1 N–H and O–H groups in total. The summed E-state index contributed by atoms with van der Waals surface area (Å²) in [7, 11) is 0. The lowest BCUT2D eigenvalue weighted by molar-refractivity contribution is 0.586. The molecular weight excluding hydrogens is 391 g/mol. The summed E-state index contributed by atoms with van der Waals surface area (Å²) >= 11 is 6.19. The van der Waals surface area contributed by atoms with E-state index >= 15 is 0 Å².